The maximum atomic E-state index is 10.3. The summed E-state index contributed by atoms with van der Waals surface area (Å²) in [6.45, 7) is 8.31. The quantitative estimate of drug-likeness (QED) is 0.162. The fourth-order valence-electron chi connectivity index (χ4n) is 7.48. The summed E-state index contributed by atoms with van der Waals surface area (Å²) in [7, 11) is 3.17. The van der Waals surface area contributed by atoms with Gasteiger partial charge in [-0.15, -0.1) is 0 Å². The van der Waals surface area contributed by atoms with E-state index in [1.54, 1.807) is 14.2 Å². The fourth-order valence-corrected chi connectivity index (χ4v) is 7.48. The molecule has 0 saturated carbocycles. The van der Waals surface area contributed by atoms with Crippen LogP contribution in [0.25, 0.3) is 11.1 Å². The number of hydrogen-bond acceptors (Lipinski definition) is 12. The molecule has 6 rings (SSSR count). The van der Waals surface area contributed by atoms with Gasteiger partial charge in [0.15, 0.2) is 0 Å². The lowest BCUT2D eigenvalue weighted by Gasteiger charge is -2.18. The standard InChI is InChI=1S/C42H48N6O6/c1-27-33(25-53-39-13-11-31(41(45-39)51-3)21-47-19-29(15-17-43)37(49)23-47)7-5-9-35(27)36-10-6-8-34(28(36)2)26-54-40-14-12-32(42(46-40)52-4)22-48-20-30(16-18-44)38(50)24-48/h5-14,29-30,37-38,49-50H,15-16,19-26H2,1-4H3. The summed E-state index contributed by atoms with van der Waals surface area (Å²) in [4.78, 5) is 13.5. The highest BCUT2D eigenvalue weighted by Crippen LogP contribution is 2.33. The van der Waals surface area contributed by atoms with Crippen molar-refractivity contribution in [2.45, 2.75) is 65.2 Å². The van der Waals surface area contributed by atoms with Gasteiger partial charge in [-0.1, -0.05) is 36.4 Å². The third-order valence-corrected chi connectivity index (χ3v) is 10.6. The summed E-state index contributed by atoms with van der Waals surface area (Å²) in [5, 5.41) is 38.8. The van der Waals surface area contributed by atoms with Crippen molar-refractivity contribution in [1.29, 1.82) is 10.5 Å². The van der Waals surface area contributed by atoms with Crippen LogP contribution in [-0.2, 0) is 26.3 Å². The van der Waals surface area contributed by atoms with E-state index in [9.17, 15) is 10.2 Å². The molecule has 2 aromatic carbocycles. The predicted octanol–water partition coefficient (Wildman–Crippen LogP) is 5.35. The number of aromatic nitrogens is 2. The predicted molar refractivity (Wildman–Crippen MR) is 202 cm³/mol. The number of benzene rings is 2. The third kappa shape index (κ3) is 8.92. The summed E-state index contributed by atoms with van der Waals surface area (Å²) in [6.07, 6.45) is -0.344. The van der Waals surface area contributed by atoms with Gasteiger partial charge in [0.05, 0.1) is 38.6 Å². The Balaban J connectivity index is 1.09. The second-order valence-corrected chi connectivity index (χ2v) is 14.2. The van der Waals surface area contributed by atoms with Crippen LogP contribution in [0.5, 0.6) is 23.5 Å². The van der Waals surface area contributed by atoms with Crippen LogP contribution >= 0.6 is 0 Å². The van der Waals surface area contributed by atoms with Gasteiger partial charge in [-0.25, -0.2) is 0 Å². The fraction of sp³-hybridized carbons (Fsp3) is 0.429. The second kappa shape index (κ2) is 17.7. The average Bonchev–Trinajstić information content (AvgIpc) is 3.70. The van der Waals surface area contributed by atoms with Gasteiger partial charge < -0.3 is 29.2 Å². The molecule has 2 aliphatic heterocycles. The van der Waals surface area contributed by atoms with Crippen LogP contribution < -0.4 is 18.9 Å². The number of methoxy groups -OCH3 is 2. The molecule has 12 heteroatoms. The van der Waals surface area contributed by atoms with Crippen LogP contribution in [0.15, 0.2) is 60.7 Å². The smallest absolute Gasteiger partial charge is 0.220 e. The molecule has 2 aliphatic rings. The molecule has 12 nitrogen and oxygen atoms in total. The van der Waals surface area contributed by atoms with E-state index in [2.05, 4.69) is 70.0 Å². The van der Waals surface area contributed by atoms with Crippen molar-refractivity contribution in [2.24, 2.45) is 11.8 Å². The van der Waals surface area contributed by atoms with E-state index in [1.165, 1.54) is 0 Å². The van der Waals surface area contributed by atoms with Crippen molar-refractivity contribution in [3.05, 3.63) is 94.0 Å². The normalized spacial score (nSPS) is 20.0. The molecular formula is C42H48N6O6. The van der Waals surface area contributed by atoms with E-state index >= 15 is 0 Å². The highest BCUT2D eigenvalue weighted by Gasteiger charge is 2.32. The van der Waals surface area contributed by atoms with Crippen LogP contribution in [0, 0.1) is 48.3 Å². The zero-order valence-corrected chi connectivity index (χ0v) is 31.4. The number of aliphatic hydroxyl groups is 2. The van der Waals surface area contributed by atoms with Crippen molar-refractivity contribution in [1.82, 2.24) is 19.8 Å². The molecule has 0 aliphatic carbocycles. The first-order valence-corrected chi connectivity index (χ1v) is 18.3. The van der Waals surface area contributed by atoms with Gasteiger partial charge in [0.1, 0.15) is 13.2 Å². The summed E-state index contributed by atoms with van der Waals surface area (Å²) in [5.74, 6) is 1.77. The lowest BCUT2D eigenvalue weighted by molar-refractivity contribution is 0.142. The summed E-state index contributed by atoms with van der Waals surface area (Å²) < 4.78 is 23.6. The minimum atomic E-state index is -0.509. The number of nitrogens with zero attached hydrogens (tertiary/aromatic N) is 6. The number of aliphatic hydroxyl groups excluding tert-OH is 2. The van der Waals surface area contributed by atoms with Gasteiger partial charge in [0, 0.05) is 87.2 Å². The van der Waals surface area contributed by atoms with Crippen LogP contribution in [0.3, 0.4) is 0 Å². The Morgan fingerprint density at radius 1 is 0.630 bits per heavy atom. The molecule has 4 heterocycles. The first kappa shape index (κ1) is 38.5. The Labute approximate surface area is 317 Å². The largest absolute Gasteiger partial charge is 0.481 e. The van der Waals surface area contributed by atoms with E-state index in [4.69, 9.17) is 29.5 Å². The molecule has 54 heavy (non-hydrogen) atoms. The number of ether oxygens (including phenoxy) is 4. The highest BCUT2D eigenvalue weighted by molar-refractivity contribution is 5.72. The van der Waals surface area contributed by atoms with Crippen molar-refractivity contribution in [3.63, 3.8) is 0 Å². The van der Waals surface area contributed by atoms with Crippen LogP contribution in [0.4, 0.5) is 0 Å². The van der Waals surface area contributed by atoms with Crippen molar-refractivity contribution in [3.8, 4) is 46.8 Å². The Hall–Kier alpha value is -5.24. The first-order chi connectivity index (χ1) is 26.2. The van der Waals surface area contributed by atoms with Crippen molar-refractivity contribution < 1.29 is 29.2 Å². The topological polar surface area (TPSA) is 157 Å². The lowest BCUT2D eigenvalue weighted by atomic mass is 9.92. The van der Waals surface area contributed by atoms with Gasteiger partial charge in [-0.3, -0.25) is 9.80 Å². The Morgan fingerprint density at radius 3 is 1.44 bits per heavy atom. The Kier molecular flexibility index (Phi) is 12.6. The first-order valence-electron chi connectivity index (χ1n) is 18.3. The number of pyridine rings is 2. The minimum Gasteiger partial charge on any atom is -0.481 e. The zero-order valence-electron chi connectivity index (χ0n) is 31.4. The van der Waals surface area contributed by atoms with Crippen molar-refractivity contribution in [2.75, 3.05) is 40.4 Å². The van der Waals surface area contributed by atoms with E-state index < -0.39 is 12.2 Å². The lowest BCUT2D eigenvalue weighted by Crippen LogP contribution is -2.22. The van der Waals surface area contributed by atoms with Crippen LogP contribution in [0.2, 0.25) is 0 Å². The maximum absolute atomic E-state index is 10.3. The molecule has 0 bridgehead atoms. The average molecular weight is 733 g/mol. The number of β-amino-alcohol motifs (C(OH)–C–C–N with tert-alkyl or cyclic N) is 2. The van der Waals surface area contributed by atoms with Gasteiger partial charge in [-0.2, -0.15) is 20.5 Å². The third-order valence-electron chi connectivity index (χ3n) is 10.6. The molecule has 2 fully saturated rings. The van der Waals surface area contributed by atoms with Gasteiger partial charge in [0.25, 0.3) is 0 Å². The number of nitriles is 2. The van der Waals surface area contributed by atoms with E-state index in [-0.39, 0.29) is 11.8 Å². The van der Waals surface area contributed by atoms with E-state index in [0.29, 0.717) is 88.8 Å². The van der Waals surface area contributed by atoms with Crippen molar-refractivity contribution >= 4 is 0 Å². The van der Waals surface area contributed by atoms with Gasteiger partial charge in [0.2, 0.25) is 23.5 Å². The molecule has 4 unspecified atom stereocenters. The molecule has 2 aromatic heterocycles. The zero-order chi connectivity index (χ0) is 38.2. The van der Waals surface area contributed by atoms with Crippen LogP contribution in [-0.4, -0.2) is 82.6 Å². The molecule has 0 radical (unpaired) electrons. The Morgan fingerprint density at radius 2 is 1.06 bits per heavy atom. The van der Waals surface area contributed by atoms with E-state index in [0.717, 1.165) is 44.5 Å². The highest BCUT2D eigenvalue weighted by atomic mass is 16.5. The number of hydrogen-bond donors (Lipinski definition) is 2. The molecular weight excluding hydrogens is 684 g/mol. The maximum Gasteiger partial charge on any atom is 0.220 e. The van der Waals surface area contributed by atoms with Crippen LogP contribution in [0.1, 0.15) is 46.2 Å². The molecule has 4 aromatic rings. The SMILES string of the molecule is COc1nc(OCc2cccc(-c3cccc(COc4ccc(CN5CC(O)C(CC#N)C5)c(OC)n4)c3C)c2C)ccc1CN1CC(O)C(CC#N)C1. The number of rotatable bonds is 15. The van der Waals surface area contributed by atoms with Gasteiger partial charge >= 0.3 is 0 Å². The summed E-state index contributed by atoms with van der Waals surface area (Å²) in [5.41, 5.74) is 8.27. The molecule has 282 valence electrons. The Bertz CT molecular complexity index is 1870. The minimum absolute atomic E-state index is 0.0461. The molecule has 0 amide bonds. The summed E-state index contributed by atoms with van der Waals surface area (Å²) in [6, 6.07) is 24.3. The monoisotopic (exact) mass is 732 g/mol. The second-order valence-electron chi connectivity index (χ2n) is 14.2. The van der Waals surface area contributed by atoms with E-state index in [1.807, 2.05) is 36.4 Å². The number of likely N-dealkylation sites (tertiary alicyclic amines) is 2. The summed E-state index contributed by atoms with van der Waals surface area (Å²) >= 11 is 0. The van der Waals surface area contributed by atoms with Gasteiger partial charge in [-0.05, 0) is 59.4 Å². The molecule has 2 N–H and O–H groups in total. The molecule has 0 spiro atoms. The molecule has 4 atom stereocenters. The molecule has 2 saturated heterocycles.